The molecule has 1 aromatic heterocycles. The zero-order valence-corrected chi connectivity index (χ0v) is 16.0. The highest BCUT2D eigenvalue weighted by Crippen LogP contribution is 2.17. The molecule has 2 rings (SSSR count). The Kier molecular flexibility index (Phi) is 8.83. The number of rotatable bonds is 10. The average Bonchev–Trinajstić information content (AvgIpc) is 3.30. The predicted octanol–water partition coefficient (Wildman–Crippen LogP) is 2.08. The predicted molar refractivity (Wildman–Crippen MR) is 102 cm³/mol. The van der Waals surface area contributed by atoms with Crippen molar-refractivity contribution in [1.29, 1.82) is 0 Å². The highest BCUT2D eigenvalue weighted by Gasteiger charge is 2.26. The molecule has 1 N–H and O–H groups in total. The lowest BCUT2D eigenvalue weighted by Gasteiger charge is -2.24. The summed E-state index contributed by atoms with van der Waals surface area (Å²) in [5.41, 5.74) is 0. The average molecular weight is 351 g/mol. The summed E-state index contributed by atoms with van der Waals surface area (Å²) in [7, 11) is 1.72. The summed E-state index contributed by atoms with van der Waals surface area (Å²) in [5, 5.41) is 3.51. The van der Waals surface area contributed by atoms with Crippen LogP contribution in [-0.2, 0) is 11.2 Å². The van der Waals surface area contributed by atoms with Crippen molar-refractivity contribution in [2.45, 2.75) is 26.7 Å². The summed E-state index contributed by atoms with van der Waals surface area (Å²) in [5.74, 6) is 2.73. The van der Waals surface area contributed by atoms with E-state index in [-0.39, 0.29) is 0 Å². The molecule has 25 heavy (non-hydrogen) atoms. The maximum Gasteiger partial charge on any atom is 0.194 e. The summed E-state index contributed by atoms with van der Waals surface area (Å²) < 4.78 is 10.6. The molecule has 1 fully saturated rings. The van der Waals surface area contributed by atoms with Crippen molar-refractivity contribution in [3.63, 3.8) is 0 Å². The minimum atomic E-state index is 0.653. The Hall–Kier alpha value is -1.53. The van der Waals surface area contributed by atoms with Gasteiger partial charge in [-0.25, -0.2) is 0 Å². The monoisotopic (exact) mass is 350 g/mol. The number of hydrogen-bond acceptors (Lipinski definition) is 4. The number of guanidine groups is 1. The maximum absolute atomic E-state index is 5.41. The number of furan rings is 1. The van der Waals surface area contributed by atoms with E-state index >= 15 is 0 Å². The molecule has 6 heteroatoms. The second-order valence-corrected chi connectivity index (χ2v) is 6.54. The first kappa shape index (κ1) is 19.8. The van der Waals surface area contributed by atoms with Gasteiger partial charge in [0.1, 0.15) is 5.76 Å². The van der Waals surface area contributed by atoms with Gasteiger partial charge < -0.3 is 24.3 Å². The van der Waals surface area contributed by atoms with Crippen LogP contribution in [0.3, 0.4) is 0 Å². The normalized spacial score (nSPS) is 18.3. The number of nitrogens with one attached hydrogen (secondary N) is 1. The van der Waals surface area contributed by atoms with Crippen LogP contribution >= 0.6 is 0 Å². The quantitative estimate of drug-likeness (QED) is 0.398. The van der Waals surface area contributed by atoms with E-state index in [0.29, 0.717) is 13.2 Å². The van der Waals surface area contributed by atoms with Crippen molar-refractivity contribution in [2.75, 3.05) is 59.5 Å². The van der Waals surface area contributed by atoms with Crippen LogP contribution in [0.4, 0.5) is 0 Å². The van der Waals surface area contributed by atoms with Crippen LogP contribution in [-0.4, -0.2) is 75.3 Å². The second-order valence-electron chi connectivity index (χ2n) is 6.54. The van der Waals surface area contributed by atoms with Gasteiger partial charge in [-0.15, -0.1) is 0 Å². The number of nitrogens with zero attached hydrogens (tertiary/aromatic N) is 3. The largest absolute Gasteiger partial charge is 0.469 e. The highest BCUT2D eigenvalue weighted by molar-refractivity contribution is 5.80. The third-order valence-corrected chi connectivity index (χ3v) is 4.79. The molecular weight excluding hydrogens is 316 g/mol. The van der Waals surface area contributed by atoms with Crippen molar-refractivity contribution in [1.82, 2.24) is 15.1 Å². The summed E-state index contributed by atoms with van der Waals surface area (Å²) >= 11 is 0. The lowest BCUT2D eigenvalue weighted by Crippen LogP contribution is -2.42. The van der Waals surface area contributed by atoms with E-state index in [4.69, 9.17) is 14.1 Å². The lowest BCUT2D eigenvalue weighted by molar-refractivity contribution is 0.207. The number of hydrogen-bond donors (Lipinski definition) is 1. The molecule has 0 aliphatic carbocycles. The van der Waals surface area contributed by atoms with E-state index in [1.54, 1.807) is 13.4 Å². The summed E-state index contributed by atoms with van der Waals surface area (Å²) in [6, 6.07) is 3.95. The summed E-state index contributed by atoms with van der Waals surface area (Å²) in [4.78, 5) is 9.64. The van der Waals surface area contributed by atoms with Crippen molar-refractivity contribution >= 4 is 5.96 Å². The molecule has 1 unspecified atom stereocenters. The van der Waals surface area contributed by atoms with Gasteiger partial charge in [0.25, 0.3) is 0 Å². The Morgan fingerprint density at radius 1 is 1.44 bits per heavy atom. The van der Waals surface area contributed by atoms with Gasteiger partial charge in [-0.05, 0) is 37.6 Å². The lowest BCUT2D eigenvalue weighted by atomic mass is 10.1. The van der Waals surface area contributed by atoms with E-state index in [9.17, 15) is 0 Å². The fourth-order valence-electron chi connectivity index (χ4n) is 3.28. The molecule has 1 aliphatic heterocycles. The summed E-state index contributed by atoms with van der Waals surface area (Å²) in [6.45, 7) is 12.2. The number of aliphatic imine (C=N–C) groups is 1. The first-order chi connectivity index (χ1) is 12.3. The van der Waals surface area contributed by atoms with Gasteiger partial charge in [-0.3, -0.25) is 4.99 Å². The molecule has 1 aliphatic rings. The Labute approximate surface area is 152 Å². The van der Waals surface area contributed by atoms with Gasteiger partial charge in [-0.2, -0.15) is 0 Å². The van der Waals surface area contributed by atoms with Gasteiger partial charge in [0.15, 0.2) is 5.96 Å². The Morgan fingerprint density at radius 3 is 2.96 bits per heavy atom. The minimum absolute atomic E-state index is 0.653. The fourth-order valence-corrected chi connectivity index (χ4v) is 3.28. The molecule has 1 aromatic rings. The van der Waals surface area contributed by atoms with Gasteiger partial charge in [0.05, 0.1) is 19.4 Å². The Morgan fingerprint density at radius 2 is 2.28 bits per heavy atom. The molecule has 6 nitrogen and oxygen atoms in total. The fraction of sp³-hybridized carbons (Fsp3) is 0.737. The molecule has 0 saturated carbocycles. The van der Waals surface area contributed by atoms with Crippen LogP contribution in [0.2, 0.25) is 0 Å². The minimum Gasteiger partial charge on any atom is -0.469 e. The van der Waals surface area contributed by atoms with Gasteiger partial charge >= 0.3 is 0 Å². The van der Waals surface area contributed by atoms with Crippen LogP contribution in [0.5, 0.6) is 0 Å². The van der Waals surface area contributed by atoms with E-state index in [0.717, 1.165) is 56.8 Å². The molecular formula is C19H34N4O2. The number of methoxy groups -OCH3 is 1. The Balaban J connectivity index is 1.85. The molecule has 0 spiro atoms. The highest BCUT2D eigenvalue weighted by atomic mass is 16.5. The zero-order chi connectivity index (χ0) is 17.9. The van der Waals surface area contributed by atoms with Crippen LogP contribution in [0.15, 0.2) is 27.8 Å². The maximum atomic E-state index is 5.41. The smallest absolute Gasteiger partial charge is 0.194 e. The molecule has 2 heterocycles. The number of likely N-dealkylation sites (tertiary alicyclic amines) is 1. The zero-order valence-electron chi connectivity index (χ0n) is 16.0. The van der Waals surface area contributed by atoms with Gasteiger partial charge in [0, 0.05) is 39.7 Å². The van der Waals surface area contributed by atoms with Crippen LogP contribution in [0.1, 0.15) is 26.0 Å². The molecule has 1 atom stereocenters. The second kappa shape index (κ2) is 11.2. The van der Waals surface area contributed by atoms with Crippen molar-refractivity contribution in [3.05, 3.63) is 24.2 Å². The van der Waals surface area contributed by atoms with Crippen molar-refractivity contribution in [2.24, 2.45) is 10.9 Å². The SMILES string of the molecule is CCN(CC)CC1CCN(C(=NCCOC)NCCc2ccco2)C1. The third-order valence-electron chi connectivity index (χ3n) is 4.79. The molecule has 1 saturated heterocycles. The van der Waals surface area contributed by atoms with Crippen molar-refractivity contribution < 1.29 is 9.15 Å². The van der Waals surface area contributed by atoms with E-state index in [2.05, 4.69) is 29.0 Å². The molecule has 0 aromatic carbocycles. The van der Waals surface area contributed by atoms with E-state index < -0.39 is 0 Å². The molecule has 0 radical (unpaired) electrons. The Bertz CT molecular complexity index is 486. The van der Waals surface area contributed by atoms with Crippen LogP contribution in [0.25, 0.3) is 0 Å². The first-order valence-corrected chi connectivity index (χ1v) is 9.53. The standard InChI is InChI=1S/C19H34N4O2/c1-4-22(5-2)15-17-9-12-23(16-17)19(21-11-14-24-3)20-10-8-18-7-6-13-25-18/h6-7,13,17H,4-5,8-12,14-16H2,1-3H3,(H,20,21). The topological polar surface area (TPSA) is 53.2 Å². The molecule has 0 amide bonds. The summed E-state index contributed by atoms with van der Waals surface area (Å²) in [6.07, 6.45) is 3.83. The third kappa shape index (κ3) is 6.71. The van der Waals surface area contributed by atoms with Gasteiger partial charge in [-0.1, -0.05) is 13.8 Å². The first-order valence-electron chi connectivity index (χ1n) is 9.53. The molecule has 142 valence electrons. The van der Waals surface area contributed by atoms with E-state index in [1.807, 2.05) is 12.1 Å². The van der Waals surface area contributed by atoms with Crippen LogP contribution < -0.4 is 5.32 Å². The van der Waals surface area contributed by atoms with Crippen LogP contribution in [0, 0.1) is 5.92 Å². The van der Waals surface area contributed by atoms with Gasteiger partial charge in [0.2, 0.25) is 0 Å². The molecule has 0 bridgehead atoms. The number of ether oxygens (including phenoxy) is 1. The van der Waals surface area contributed by atoms with Crippen molar-refractivity contribution in [3.8, 4) is 0 Å². The van der Waals surface area contributed by atoms with E-state index in [1.165, 1.54) is 13.0 Å².